The molecule has 0 bridgehead atoms. The molecule has 2 N–H and O–H groups in total. The first-order chi connectivity index (χ1) is 9.47. The average Bonchev–Trinajstić information content (AvgIpc) is 2.90. The van der Waals surface area contributed by atoms with Gasteiger partial charge in [-0.3, -0.25) is 30.3 Å². The minimum atomic E-state index is -0.834. The van der Waals surface area contributed by atoms with Crippen molar-refractivity contribution in [3.8, 4) is 0 Å². The maximum Gasteiger partial charge on any atom is 0.277 e. The molecule has 0 saturated heterocycles. The summed E-state index contributed by atoms with van der Waals surface area (Å²) < 4.78 is 0. The van der Waals surface area contributed by atoms with Crippen LogP contribution in [0.15, 0.2) is 18.2 Å². The fraction of sp³-hybridized carbons (Fsp3) is 0. The number of amides is 1. The highest BCUT2D eigenvalue weighted by molar-refractivity contribution is 6.04. The molecule has 0 atom stereocenters. The Morgan fingerprint density at radius 1 is 1.15 bits per heavy atom. The van der Waals surface area contributed by atoms with E-state index in [1.807, 2.05) is 0 Å². The second-order valence-electron chi connectivity index (χ2n) is 3.46. The van der Waals surface area contributed by atoms with E-state index in [1.165, 1.54) is 0 Å². The van der Waals surface area contributed by atoms with E-state index >= 15 is 0 Å². The van der Waals surface area contributed by atoms with Crippen molar-refractivity contribution in [2.24, 2.45) is 0 Å². The number of nitro groups is 2. The van der Waals surface area contributed by atoms with Crippen molar-refractivity contribution in [3.63, 3.8) is 0 Å². The molecule has 0 aliphatic heterocycles. The number of tetrazole rings is 1. The third kappa shape index (κ3) is 2.69. The average molecular weight is 279 g/mol. The molecule has 1 aromatic heterocycles. The van der Waals surface area contributed by atoms with Crippen molar-refractivity contribution in [1.29, 1.82) is 0 Å². The molecule has 102 valence electrons. The Labute approximate surface area is 109 Å². The Bertz CT molecular complexity index is 650. The van der Waals surface area contributed by atoms with E-state index in [1.54, 1.807) is 0 Å². The fourth-order valence-electron chi connectivity index (χ4n) is 1.33. The lowest BCUT2D eigenvalue weighted by atomic mass is 10.1. The van der Waals surface area contributed by atoms with Crippen LogP contribution >= 0.6 is 0 Å². The lowest BCUT2D eigenvalue weighted by Crippen LogP contribution is -2.13. The second kappa shape index (κ2) is 5.05. The Balaban J connectivity index is 2.37. The number of rotatable bonds is 4. The Kier molecular flexibility index (Phi) is 3.28. The van der Waals surface area contributed by atoms with Crippen LogP contribution in [0.4, 0.5) is 17.3 Å². The summed E-state index contributed by atoms with van der Waals surface area (Å²) in [5.74, 6) is -0.917. The van der Waals surface area contributed by atoms with Crippen molar-refractivity contribution in [2.45, 2.75) is 0 Å². The normalized spacial score (nSPS) is 10.0. The third-order valence-corrected chi connectivity index (χ3v) is 2.16. The van der Waals surface area contributed by atoms with Crippen molar-refractivity contribution < 1.29 is 14.6 Å². The van der Waals surface area contributed by atoms with Crippen LogP contribution < -0.4 is 5.32 Å². The summed E-state index contributed by atoms with van der Waals surface area (Å²) >= 11 is 0. The number of nitrogens with zero attached hydrogens (tertiary/aromatic N) is 5. The third-order valence-electron chi connectivity index (χ3n) is 2.16. The summed E-state index contributed by atoms with van der Waals surface area (Å²) in [6, 6.07) is 2.57. The van der Waals surface area contributed by atoms with Gasteiger partial charge in [-0.2, -0.15) is 0 Å². The van der Waals surface area contributed by atoms with Gasteiger partial charge >= 0.3 is 0 Å². The number of carbonyl (C=O) groups excluding carboxylic acids is 1. The van der Waals surface area contributed by atoms with Crippen LogP contribution in [-0.2, 0) is 0 Å². The predicted molar refractivity (Wildman–Crippen MR) is 61.9 cm³/mol. The Hall–Kier alpha value is -3.44. The Morgan fingerprint density at radius 3 is 2.20 bits per heavy atom. The second-order valence-corrected chi connectivity index (χ2v) is 3.46. The molecule has 0 fully saturated rings. The van der Waals surface area contributed by atoms with Crippen LogP contribution in [0.5, 0.6) is 0 Å². The molecule has 2 aromatic rings. The van der Waals surface area contributed by atoms with Crippen molar-refractivity contribution in [2.75, 3.05) is 5.32 Å². The molecule has 0 unspecified atom stereocenters. The molecule has 1 aromatic carbocycles. The molecule has 20 heavy (non-hydrogen) atoms. The number of benzene rings is 1. The maximum absolute atomic E-state index is 11.8. The quantitative estimate of drug-likeness (QED) is 0.592. The number of carbonyl (C=O) groups is 1. The predicted octanol–water partition coefficient (Wildman–Crippen LogP) is 0.268. The first-order valence-corrected chi connectivity index (χ1v) is 4.96. The molecule has 0 radical (unpaired) electrons. The number of nitrogens with one attached hydrogen (secondary N) is 2. The number of aromatic amines is 1. The highest BCUT2D eigenvalue weighted by atomic mass is 16.6. The van der Waals surface area contributed by atoms with Gasteiger partial charge in [0.05, 0.1) is 21.5 Å². The van der Waals surface area contributed by atoms with E-state index in [4.69, 9.17) is 0 Å². The largest absolute Gasteiger partial charge is 0.289 e. The van der Waals surface area contributed by atoms with Gasteiger partial charge in [0.15, 0.2) is 0 Å². The SMILES string of the molecule is O=C(Nc1nnn[nH]1)c1cc([N+](=O)[O-])cc([N+](=O)[O-])c1. The molecule has 12 nitrogen and oxygen atoms in total. The van der Waals surface area contributed by atoms with E-state index < -0.39 is 27.1 Å². The minimum Gasteiger partial charge on any atom is -0.289 e. The van der Waals surface area contributed by atoms with Crippen molar-refractivity contribution in [3.05, 3.63) is 44.0 Å². The monoisotopic (exact) mass is 279 g/mol. The summed E-state index contributed by atoms with van der Waals surface area (Å²) in [5.41, 5.74) is -1.40. The van der Waals surface area contributed by atoms with Crippen LogP contribution in [0.2, 0.25) is 0 Å². The van der Waals surface area contributed by atoms with Gasteiger partial charge < -0.3 is 0 Å². The van der Waals surface area contributed by atoms with Gasteiger partial charge in [0.25, 0.3) is 17.3 Å². The van der Waals surface area contributed by atoms with Crippen LogP contribution in [0.25, 0.3) is 0 Å². The van der Waals surface area contributed by atoms with Crippen LogP contribution in [0.3, 0.4) is 0 Å². The number of H-pyrrole nitrogens is 1. The number of non-ortho nitro benzene ring substituents is 2. The topological polar surface area (TPSA) is 170 Å². The summed E-state index contributed by atoms with van der Waals surface area (Å²) in [6.07, 6.45) is 0. The number of nitro benzene ring substituents is 2. The fourth-order valence-corrected chi connectivity index (χ4v) is 1.33. The van der Waals surface area contributed by atoms with Crippen LogP contribution in [-0.4, -0.2) is 36.4 Å². The van der Waals surface area contributed by atoms with Gasteiger partial charge in [-0.15, -0.1) is 0 Å². The number of anilines is 1. The van der Waals surface area contributed by atoms with Gasteiger partial charge in [-0.05, 0) is 10.4 Å². The molecule has 0 aliphatic carbocycles. The number of hydrogen-bond donors (Lipinski definition) is 2. The molecule has 1 heterocycles. The summed E-state index contributed by atoms with van der Waals surface area (Å²) in [6.45, 7) is 0. The van der Waals surface area contributed by atoms with E-state index in [9.17, 15) is 25.0 Å². The lowest BCUT2D eigenvalue weighted by molar-refractivity contribution is -0.394. The van der Waals surface area contributed by atoms with E-state index in [0.29, 0.717) is 0 Å². The molecule has 12 heteroatoms. The van der Waals surface area contributed by atoms with E-state index in [2.05, 4.69) is 25.9 Å². The molecule has 0 saturated carbocycles. The minimum absolute atomic E-state index is 0.0934. The maximum atomic E-state index is 11.8. The first kappa shape index (κ1) is 13.0. The van der Waals surface area contributed by atoms with Crippen LogP contribution in [0.1, 0.15) is 10.4 Å². The summed E-state index contributed by atoms with van der Waals surface area (Å²) in [4.78, 5) is 31.5. The van der Waals surface area contributed by atoms with Gasteiger partial charge in [0.2, 0.25) is 5.95 Å². The highest BCUT2D eigenvalue weighted by Crippen LogP contribution is 2.23. The molecule has 0 aliphatic rings. The van der Waals surface area contributed by atoms with Gasteiger partial charge in [0, 0.05) is 12.1 Å². The molecular formula is C8H5N7O5. The smallest absolute Gasteiger partial charge is 0.277 e. The highest BCUT2D eigenvalue weighted by Gasteiger charge is 2.20. The Morgan fingerprint density at radius 2 is 1.75 bits per heavy atom. The van der Waals surface area contributed by atoms with Gasteiger partial charge in [-0.25, -0.2) is 5.10 Å². The summed E-state index contributed by atoms with van der Waals surface area (Å²) in [7, 11) is 0. The van der Waals surface area contributed by atoms with Crippen molar-refractivity contribution >= 4 is 23.2 Å². The van der Waals surface area contributed by atoms with Gasteiger partial charge in [-0.1, -0.05) is 5.10 Å². The lowest BCUT2D eigenvalue weighted by Gasteiger charge is -2.01. The molecule has 1 amide bonds. The zero-order chi connectivity index (χ0) is 14.7. The molecule has 2 rings (SSSR count). The standard InChI is InChI=1S/C8H5N7O5/c16-7(9-8-10-12-13-11-8)4-1-5(14(17)18)3-6(2-4)15(19)20/h1-3H,(H2,9,10,11,12,13,16). The van der Waals surface area contributed by atoms with E-state index in [0.717, 1.165) is 18.2 Å². The first-order valence-electron chi connectivity index (χ1n) is 4.96. The summed E-state index contributed by atoms with van der Waals surface area (Å²) in [5, 5.41) is 35.6. The zero-order valence-electron chi connectivity index (χ0n) is 9.51. The van der Waals surface area contributed by atoms with Gasteiger partial charge in [0.1, 0.15) is 0 Å². The van der Waals surface area contributed by atoms with Crippen LogP contribution in [0, 0.1) is 20.2 Å². The molecular weight excluding hydrogens is 274 g/mol. The van der Waals surface area contributed by atoms with E-state index in [-0.39, 0.29) is 11.5 Å². The number of aromatic nitrogens is 4. The molecule has 0 spiro atoms. The zero-order valence-corrected chi connectivity index (χ0v) is 9.51. The number of hydrogen-bond acceptors (Lipinski definition) is 8. The van der Waals surface area contributed by atoms with Crippen molar-refractivity contribution in [1.82, 2.24) is 20.6 Å².